The van der Waals surface area contributed by atoms with Crippen molar-refractivity contribution in [2.75, 3.05) is 12.4 Å². The van der Waals surface area contributed by atoms with E-state index in [-0.39, 0.29) is 5.41 Å². The minimum absolute atomic E-state index is 0.0446. The van der Waals surface area contributed by atoms with Crippen LogP contribution in [0.2, 0.25) is 0 Å². The average Bonchev–Trinajstić information content (AvgIpc) is 3.07. The highest BCUT2D eigenvalue weighted by Crippen LogP contribution is 2.51. The summed E-state index contributed by atoms with van der Waals surface area (Å²) in [7, 11) is 1.99. The first-order valence-corrected chi connectivity index (χ1v) is 12.3. The van der Waals surface area contributed by atoms with E-state index < -0.39 is 0 Å². The zero-order valence-corrected chi connectivity index (χ0v) is 20.7. The van der Waals surface area contributed by atoms with Crippen molar-refractivity contribution < 1.29 is 0 Å². The number of anilines is 1. The number of hydrogen-bond donors (Lipinski definition) is 1. The van der Waals surface area contributed by atoms with Gasteiger partial charge in [-0.2, -0.15) is 0 Å². The molecule has 0 heterocycles. The maximum atomic E-state index is 3.31. The fourth-order valence-electron chi connectivity index (χ4n) is 6.14. The van der Waals surface area contributed by atoms with Crippen molar-refractivity contribution in [1.29, 1.82) is 0 Å². The maximum absolute atomic E-state index is 3.31. The van der Waals surface area contributed by atoms with E-state index >= 15 is 0 Å². The van der Waals surface area contributed by atoms with Crippen LogP contribution >= 0.6 is 0 Å². The van der Waals surface area contributed by atoms with E-state index in [0.717, 1.165) is 0 Å². The quantitative estimate of drug-likeness (QED) is 0.275. The normalized spacial score (nSPS) is 13.9. The zero-order chi connectivity index (χ0) is 23.6. The highest BCUT2D eigenvalue weighted by Gasteiger charge is 2.36. The van der Waals surface area contributed by atoms with E-state index in [1.165, 1.54) is 66.2 Å². The Hall–Kier alpha value is -3.58. The Labute approximate surface area is 202 Å². The number of rotatable bonds is 3. The highest BCUT2D eigenvalue weighted by atomic mass is 14.8. The van der Waals surface area contributed by atoms with Crippen LogP contribution in [-0.2, 0) is 5.41 Å². The van der Waals surface area contributed by atoms with E-state index in [1.54, 1.807) is 0 Å². The second kappa shape index (κ2) is 7.46. The molecule has 0 radical (unpaired) electrons. The van der Waals surface area contributed by atoms with Gasteiger partial charge in [-0.1, -0.05) is 94.4 Å². The van der Waals surface area contributed by atoms with E-state index in [0.29, 0.717) is 5.92 Å². The number of benzene rings is 5. The molecule has 34 heavy (non-hydrogen) atoms. The fraction of sp³-hybridized carbons (Fsp3) is 0.212. The van der Waals surface area contributed by atoms with Crippen molar-refractivity contribution in [1.82, 2.24) is 0 Å². The second-order valence-corrected chi connectivity index (χ2v) is 10.4. The molecule has 0 bridgehead atoms. The molecule has 0 atom stereocenters. The molecule has 0 aromatic heterocycles. The molecule has 1 aliphatic rings. The molecule has 0 fully saturated rings. The van der Waals surface area contributed by atoms with Gasteiger partial charge in [0.25, 0.3) is 0 Å². The van der Waals surface area contributed by atoms with E-state index in [9.17, 15) is 0 Å². The lowest BCUT2D eigenvalue weighted by Gasteiger charge is -2.23. The van der Waals surface area contributed by atoms with Crippen molar-refractivity contribution in [2.45, 2.75) is 39.0 Å². The molecular weight excluding hydrogens is 410 g/mol. The number of fused-ring (bicyclic) bond motifs is 5. The summed E-state index contributed by atoms with van der Waals surface area (Å²) in [5.41, 5.74) is 10.7. The highest BCUT2D eigenvalue weighted by molar-refractivity contribution is 6.15. The van der Waals surface area contributed by atoms with Gasteiger partial charge in [0.05, 0.1) is 0 Å². The van der Waals surface area contributed by atoms with Gasteiger partial charge in [0.15, 0.2) is 0 Å². The average molecular weight is 442 g/mol. The van der Waals surface area contributed by atoms with Crippen molar-refractivity contribution in [3.8, 4) is 22.3 Å². The summed E-state index contributed by atoms with van der Waals surface area (Å²) in [4.78, 5) is 0. The van der Waals surface area contributed by atoms with Crippen LogP contribution in [0.4, 0.5) is 5.69 Å². The summed E-state index contributed by atoms with van der Waals surface area (Å²) in [6.07, 6.45) is 0. The van der Waals surface area contributed by atoms with E-state index in [1.807, 2.05) is 7.05 Å². The first-order chi connectivity index (χ1) is 16.4. The molecule has 1 heteroatoms. The summed E-state index contributed by atoms with van der Waals surface area (Å²) in [6.45, 7) is 9.34. The van der Waals surface area contributed by atoms with Gasteiger partial charge in [0, 0.05) is 18.2 Å². The lowest BCUT2D eigenvalue weighted by Crippen LogP contribution is -2.15. The van der Waals surface area contributed by atoms with Crippen LogP contribution < -0.4 is 5.32 Å². The Morgan fingerprint density at radius 1 is 0.647 bits per heavy atom. The lowest BCUT2D eigenvalue weighted by molar-refractivity contribution is 0.661. The number of hydrogen-bond acceptors (Lipinski definition) is 1. The van der Waals surface area contributed by atoms with Gasteiger partial charge >= 0.3 is 0 Å². The topological polar surface area (TPSA) is 12.0 Å². The van der Waals surface area contributed by atoms with Crippen LogP contribution in [0.25, 0.3) is 43.8 Å². The molecule has 168 valence electrons. The Balaban J connectivity index is 1.67. The minimum atomic E-state index is -0.0446. The van der Waals surface area contributed by atoms with Crippen molar-refractivity contribution in [2.24, 2.45) is 0 Å². The van der Waals surface area contributed by atoms with Crippen LogP contribution in [0.15, 0.2) is 84.9 Å². The van der Waals surface area contributed by atoms with Gasteiger partial charge in [-0.15, -0.1) is 0 Å². The Bertz CT molecular complexity index is 1530. The minimum Gasteiger partial charge on any atom is -0.388 e. The molecule has 5 aromatic rings. The van der Waals surface area contributed by atoms with Gasteiger partial charge in [-0.3, -0.25) is 0 Å². The monoisotopic (exact) mass is 441 g/mol. The van der Waals surface area contributed by atoms with Gasteiger partial charge in [-0.25, -0.2) is 0 Å². The zero-order valence-electron chi connectivity index (χ0n) is 20.7. The molecule has 6 rings (SSSR count). The molecule has 0 amide bonds. The van der Waals surface area contributed by atoms with Gasteiger partial charge in [0.2, 0.25) is 0 Å². The predicted molar refractivity (Wildman–Crippen MR) is 148 cm³/mol. The van der Waals surface area contributed by atoms with Crippen molar-refractivity contribution in [3.05, 3.63) is 102 Å². The molecule has 1 aliphatic carbocycles. The maximum Gasteiger partial charge on any atom is 0.0341 e. The summed E-state index contributed by atoms with van der Waals surface area (Å²) in [6, 6.07) is 31.8. The molecule has 0 aliphatic heterocycles. The summed E-state index contributed by atoms with van der Waals surface area (Å²) in [5, 5.41) is 8.74. The van der Waals surface area contributed by atoms with Gasteiger partial charge < -0.3 is 5.32 Å². The summed E-state index contributed by atoms with van der Waals surface area (Å²) < 4.78 is 0. The molecular formula is C33H31N. The lowest BCUT2D eigenvalue weighted by atomic mass is 9.80. The summed E-state index contributed by atoms with van der Waals surface area (Å²) >= 11 is 0. The van der Waals surface area contributed by atoms with Gasteiger partial charge in [-0.05, 0) is 84.6 Å². The third-order valence-electron chi connectivity index (χ3n) is 7.80. The largest absolute Gasteiger partial charge is 0.388 e. The molecule has 0 saturated heterocycles. The SMILES string of the molecule is CNc1ccc2c(c1)C(C)(C)c1cc(-c3c4ccccc4c(C(C)C)c4ccccc34)ccc1-2. The Morgan fingerprint density at radius 2 is 1.18 bits per heavy atom. The van der Waals surface area contributed by atoms with E-state index in [4.69, 9.17) is 0 Å². The van der Waals surface area contributed by atoms with Crippen LogP contribution in [0.3, 0.4) is 0 Å². The Kier molecular flexibility index (Phi) is 4.61. The molecule has 1 N–H and O–H groups in total. The van der Waals surface area contributed by atoms with Gasteiger partial charge in [0.1, 0.15) is 0 Å². The van der Waals surface area contributed by atoms with Crippen molar-refractivity contribution >= 4 is 27.2 Å². The standard InChI is InChI=1S/C33H31N/c1-20(2)31-25-10-6-8-12-27(25)32(28-13-9-7-11-26(28)31)21-14-16-23-24-17-15-22(34-5)19-30(24)33(3,4)29(23)18-21/h6-20,34H,1-5H3. The molecule has 0 unspecified atom stereocenters. The predicted octanol–water partition coefficient (Wildman–Crippen LogP) is 9.13. The molecule has 0 saturated carbocycles. The molecule has 1 nitrogen and oxygen atoms in total. The summed E-state index contributed by atoms with van der Waals surface area (Å²) in [5.74, 6) is 0.457. The van der Waals surface area contributed by atoms with Crippen LogP contribution in [-0.4, -0.2) is 7.05 Å². The molecule has 0 spiro atoms. The Morgan fingerprint density at radius 3 is 1.74 bits per heavy atom. The van der Waals surface area contributed by atoms with Crippen LogP contribution in [0, 0.1) is 0 Å². The second-order valence-electron chi connectivity index (χ2n) is 10.4. The van der Waals surface area contributed by atoms with Crippen molar-refractivity contribution in [3.63, 3.8) is 0 Å². The van der Waals surface area contributed by atoms with E-state index in [2.05, 4.69) is 118 Å². The smallest absolute Gasteiger partial charge is 0.0341 e. The van der Waals surface area contributed by atoms with Crippen LogP contribution in [0.5, 0.6) is 0 Å². The first-order valence-electron chi connectivity index (χ1n) is 12.3. The fourth-order valence-corrected chi connectivity index (χ4v) is 6.14. The number of nitrogens with one attached hydrogen (secondary N) is 1. The van der Waals surface area contributed by atoms with Crippen LogP contribution in [0.1, 0.15) is 50.3 Å². The third kappa shape index (κ3) is 2.86. The first kappa shape index (κ1) is 21.0. The third-order valence-corrected chi connectivity index (χ3v) is 7.80. The molecule has 5 aromatic carbocycles.